The van der Waals surface area contributed by atoms with Gasteiger partial charge >= 0.3 is 0 Å². The Balaban J connectivity index is 2.03. The fraction of sp³-hybridized carbons (Fsp3) is 0.545. The molecule has 82 valence electrons. The van der Waals surface area contributed by atoms with Gasteiger partial charge < -0.3 is 0 Å². The Hall–Kier alpha value is 0.01000. The smallest absolute Gasteiger partial charge is 0.153 e. The van der Waals surface area contributed by atoms with E-state index in [0.717, 1.165) is 27.8 Å². The Labute approximate surface area is 103 Å². The zero-order chi connectivity index (χ0) is 10.9. The molecule has 0 spiro atoms. The van der Waals surface area contributed by atoms with E-state index in [4.69, 9.17) is 11.6 Å². The molecule has 1 aliphatic rings. The Kier molecular flexibility index (Phi) is 3.43. The molecule has 4 heteroatoms. The largest absolute Gasteiger partial charge is 0.298 e. The van der Waals surface area contributed by atoms with Crippen LogP contribution in [0.25, 0.3) is 0 Å². The Bertz CT molecular complexity index is 366. The van der Waals surface area contributed by atoms with Crippen molar-refractivity contribution in [3.8, 4) is 0 Å². The van der Waals surface area contributed by atoms with Crippen LogP contribution in [0.1, 0.15) is 24.6 Å². The molecule has 1 saturated heterocycles. The topological polar surface area (TPSA) is 17.1 Å². The van der Waals surface area contributed by atoms with Crippen LogP contribution in [0.5, 0.6) is 0 Å². The van der Waals surface area contributed by atoms with Crippen molar-refractivity contribution < 1.29 is 4.79 Å². The molecule has 0 radical (unpaired) electrons. The minimum Gasteiger partial charge on any atom is -0.298 e. The first-order valence-corrected chi connectivity index (χ1v) is 7.20. The lowest BCUT2D eigenvalue weighted by Gasteiger charge is -2.20. The van der Waals surface area contributed by atoms with Crippen molar-refractivity contribution in [1.82, 2.24) is 0 Å². The van der Waals surface area contributed by atoms with Gasteiger partial charge in [0.25, 0.3) is 0 Å². The lowest BCUT2D eigenvalue weighted by molar-refractivity contribution is -0.120. The molecule has 1 aromatic heterocycles. The summed E-state index contributed by atoms with van der Waals surface area (Å²) in [5.74, 6) is 1.47. The highest BCUT2D eigenvalue weighted by Gasteiger charge is 2.36. The first-order valence-electron chi connectivity index (χ1n) is 5.02. The zero-order valence-corrected chi connectivity index (χ0v) is 11.0. The number of carbonyl (C=O) groups is 1. The number of hydrogen-bond acceptors (Lipinski definition) is 3. The minimum absolute atomic E-state index is 0.142. The van der Waals surface area contributed by atoms with Gasteiger partial charge in [-0.15, -0.1) is 23.1 Å². The SMILES string of the molecule is CC1(C(=O)Cc2ccc(Cl)s2)CCCS1. The van der Waals surface area contributed by atoms with E-state index in [1.807, 2.05) is 12.1 Å². The third kappa shape index (κ3) is 2.58. The number of thiophene rings is 1. The van der Waals surface area contributed by atoms with Gasteiger partial charge in [0.05, 0.1) is 9.08 Å². The standard InChI is InChI=1S/C11H13ClOS2/c1-11(5-2-6-14-11)9(13)7-8-3-4-10(12)15-8/h3-4H,2,5-7H2,1H3. The molecule has 1 aliphatic heterocycles. The van der Waals surface area contributed by atoms with Crippen LogP contribution in [0.2, 0.25) is 4.34 Å². The van der Waals surface area contributed by atoms with Crippen LogP contribution in [-0.4, -0.2) is 16.3 Å². The van der Waals surface area contributed by atoms with Gasteiger partial charge in [-0.25, -0.2) is 0 Å². The lowest BCUT2D eigenvalue weighted by Crippen LogP contribution is -2.29. The van der Waals surface area contributed by atoms with Crippen molar-refractivity contribution >= 4 is 40.5 Å². The number of thioether (sulfide) groups is 1. The molecule has 1 nitrogen and oxygen atoms in total. The molecule has 0 bridgehead atoms. The summed E-state index contributed by atoms with van der Waals surface area (Å²) in [6, 6.07) is 3.81. The van der Waals surface area contributed by atoms with Crippen LogP contribution < -0.4 is 0 Å². The number of Topliss-reactive ketones (excluding diaryl/α,β-unsaturated/α-hetero) is 1. The fourth-order valence-corrected chi connectivity index (χ4v) is 4.14. The quantitative estimate of drug-likeness (QED) is 0.822. The molecule has 1 unspecified atom stereocenters. The summed E-state index contributed by atoms with van der Waals surface area (Å²) in [4.78, 5) is 13.2. The third-order valence-corrected chi connectivity index (χ3v) is 5.57. The number of carbonyl (C=O) groups excluding carboxylic acids is 1. The van der Waals surface area contributed by atoms with Gasteiger partial charge in [0.2, 0.25) is 0 Å². The highest BCUT2D eigenvalue weighted by atomic mass is 35.5. The molecule has 2 heterocycles. The van der Waals surface area contributed by atoms with E-state index >= 15 is 0 Å². The van der Waals surface area contributed by atoms with Crippen LogP contribution in [0.15, 0.2) is 12.1 Å². The van der Waals surface area contributed by atoms with Crippen LogP contribution in [0.4, 0.5) is 0 Å². The Morgan fingerprint density at radius 3 is 2.93 bits per heavy atom. The van der Waals surface area contributed by atoms with Gasteiger partial charge in [-0.3, -0.25) is 4.79 Å². The maximum atomic E-state index is 12.1. The molecule has 15 heavy (non-hydrogen) atoms. The van der Waals surface area contributed by atoms with Crippen molar-refractivity contribution in [3.05, 3.63) is 21.3 Å². The maximum Gasteiger partial charge on any atom is 0.153 e. The number of ketones is 1. The number of rotatable bonds is 3. The molecular weight excluding hydrogens is 248 g/mol. The molecule has 0 saturated carbocycles. The predicted octanol–water partition coefficient (Wildman–Crippen LogP) is 3.80. The van der Waals surface area contributed by atoms with Crippen LogP contribution >= 0.6 is 34.7 Å². The average molecular weight is 261 g/mol. The first kappa shape index (κ1) is 11.5. The second-order valence-corrected chi connectivity index (χ2v) is 7.39. The number of hydrogen-bond donors (Lipinski definition) is 0. The molecule has 0 amide bonds. The lowest BCUT2D eigenvalue weighted by atomic mass is 9.97. The van der Waals surface area contributed by atoms with Crippen LogP contribution in [-0.2, 0) is 11.2 Å². The van der Waals surface area contributed by atoms with E-state index in [1.165, 1.54) is 11.3 Å². The molecule has 1 aromatic rings. The van der Waals surface area contributed by atoms with Gasteiger partial charge in [-0.1, -0.05) is 11.6 Å². The molecule has 0 N–H and O–H groups in total. The highest BCUT2D eigenvalue weighted by molar-refractivity contribution is 8.01. The summed E-state index contributed by atoms with van der Waals surface area (Å²) in [5, 5.41) is 0. The van der Waals surface area contributed by atoms with Crippen LogP contribution in [0.3, 0.4) is 0 Å². The van der Waals surface area contributed by atoms with Gasteiger partial charge in [-0.2, -0.15) is 0 Å². The summed E-state index contributed by atoms with van der Waals surface area (Å²) in [5.41, 5.74) is 0. The minimum atomic E-state index is -0.142. The van der Waals surface area contributed by atoms with E-state index in [9.17, 15) is 4.79 Å². The monoisotopic (exact) mass is 260 g/mol. The zero-order valence-electron chi connectivity index (χ0n) is 8.59. The van der Waals surface area contributed by atoms with Crippen molar-refractivity contribution in [2.24, 2.45) is 0 Å². The molecule has 1 fully saturated rings. The summed E-state index contributed by atoms with van der Waals surface area (Å²) in [7, 11) is 0. The molecular formula is C11H13ClOS2. The Morgan fingerprint density at radius 2 is 2.40 bits per heavy atom. The van der Waals surface area contributed by atoms with E-state index < -0.39 is 0 Å². The number of halogens is 1. The van der Waals surface area contributed by atoms with Crippen molar-refractivity contribution in [2.45, 2.75) is 30.9 Å². The van der Waals surface area contributed by atoms with Crippen molar-refractivity contribution in [1.29, 1.82) is 0 Å². The molecule has 0 aliphatic carbocycles. The predicted molar refractivity (Wildman–Crippen MR) is 68.1 cm³/mol. The van der Waals surface area contributed by atoms with E-state index in [-0.39, 0.29) is 4.75 Å². The van der Waals surface area contributed by atoms with Gasteiger partial charge in [-0.05, 0) is 37.7 Å². The molecule has 2 rings (SSSR count). The second kappa shape index (κ2) is 4.48. The van der Waals surface area contributed by atoms with Crippen LogP contribution in [0, 0.1) is 0 Å². The van der Waals surface area contributed by atoms with Gasteiger partial charge in [0.15, 0.2) is 5.78 Å². The molecule has 1 atom stereocenters. The van der Waals surface area contributed by atoms with Crippen molar-refractivity contribution in [2.75, 3.05) is 5.75 Å². The van der Waals surface area contributed by atoms with Gasteiger partial charge in [0, 0.05) is 11.3 Å². The highest BCUT2D eigenvalue weighted by Crippen LogP contribution is 2.39. The van der Waals surface area contributed by atoms with Crippen molar-refractivity contribution in [3.63, 3.8) is 0 Å². The molecule has 0 aromatic carbocycles. The van der Waals surface area contributed by atoms with E-state index in [2.05, 4.69) is 6.92 Å². The summed E-state index contributed by atoms with van der Waals surface area (Å²) >= 11 is 9.15. The normalized spacial score (nSPS) is 25.7. The summed E-state index contributed by atoms with van der Waals surface area (Å²) in [6.07, 6.45) is 2.73. The van der Waals surface area contributed by atoms with Gasteiger partial charge in [0.1, 0.15) is 0 Å². The first-order chi connectivity index (χ1) is 7.10. The van der Waals surface area contributed by atoms with E-state index in [1.54, 1.807) is 11.8 Å². The third-order valence-electron chi connectivity index (χ3n) is 2.77. The average Bonchev–Trinajstić information content (AvgIpc) is 2.76. The Morgan fingerprint density at radius 1 is 1.60 bits per heavy atom. The summed E-state index contributed by atoms with van der Waals surface area (Å²) in [6.45, 7) is 2.07. The second-order valence-electron chi connectivity index (χ2n) is 3.99. The van der Waals surface area contributed by atoms with E-state index in [0.29, 0.717) is 12.2 Å². The fourth-order valence-electron chi connectivity index (χ4n) is 1.79. The maximum absolute atomic E-state index is 12.1. The summed E-state index contributed by atoms with van der Waals surface area (Å²) < 4.78 is 0.623.